The number of rotatable bonds is 4. The fourth-order valence-corrected chi connectivity index (χ4v) is 2.87. The van der Waals surface area contributed by atoms with Crippen molar-refractivity contribution in [2.24, 2.45) is 0 Å². The molecule has 0 unspecified atom stereocenters. The molecular formula is C19H14N2O2. The molecule has 4 rings (SSSR count). The summed E-state index contributed by atoms with van der Waals surface area (Å²) in [6, 6.07) is 15.3. The summed E-state index contributed by atoms with van der Waals surface area (Å²) < 4.78 is 11.7. The highest BCUT2D eigenvalue weighted by molar-refractivity contribution is 5.98. The molecule has 0 amide bonds. The van der Waals surface area contributed by atoms with E-state index in [0.717, 1.165) is 44.6 Å². The average molecular weight is 302 g/mol. The Morgan fingerprint density at radius 2 is 1.22 bits per heavy atom. The van der Waals surface area contributed by atoms with Crippen LogP contribution in [0, 0.1) is 10.8 Å². The quantitative estimate of drug-likeness (QED) is 0.533. The summed E-state index contributed by atoms with van der Waals surface area (Å²) in [5, 5.41) is 16.8. The third-order valence-electron chi connectivity index (χ3n) is 3.95. The van der Waals surface area contributed by atoms with Crippen LogP contribution in [-0.4, -0.2) is 12.4 Å². The van der Waals surface area contributed by atoms with Gasteiger partial charge in [-0.05, 0) is 24.3 Å². The molecule has 0 saturated carbocycles. The predicted molar refractivity (Wildman–Crippen MR) is 91.0 cm³/mol. The SMILES string of the molecule is N=Cc1cccc2oc(Cc3cc4c(C=N)cccc4o3)cc12. The van der Waals surface area contributed by atoms with Crippen molar-refractivity contribution in [1.82, 2.24) is 0 Å². The first-order valence-corrected chi connectivity index (χ1v) is 7.32. The van der Waals surface area contributed by atoms with Gasteiger partial charge in [-0.2, -0.15) is 0 Å². The molecule has 0 atom stereocenters. The zero-order valence-electron chi connectivity index (χ0n) is 12.3. The summed E-state index contributed by atoms with van der Waals surface area (Å²) in [6.07, 6.45) is 3.20. The zero-order valence-corrected chi connectivity index (χ0v) is 12.3. The van der Waals surface area contributed by atoms with E-state index in [-0.39, 0.29) is 0 Å². The van der Waals surface area contributed by atoms with Crippen molar-refractivity contribution in [3.8, 4) is 0 Å². The maximum atomic E-state index is 7.47. The third kappa shape index (κ3) is 2.25. The molecule has 0 bridgehead atoms. The highest BCUT2D eigenvalue weighted by Gasteiger charge is 2.11. The molecule has 0 fully saturated rings. The zero-order chi connectivity index (χ0) is 15.8. The summed E-state index contributed by atoms with van der Waals surface area (Å²) in [7, 11) is 0. The fourth-order valence-electron chi connectivity index (χ4n) is 2.87. The smallest absolute Gasteiger partial charge is 0.134 e. The molecule has 0 aliphatic heterocycles. The van der Waals surface area contributed by atoms with Gasteiger partial charge in [0, 0.05) is 34.3 Å². The van der Waals surface area contributed by atoms with Gasteiger partial charge in [-0.15, -0.1) is 0 Å². The van der Waals surface area contributed by atoms with Crippen LogP contribution in [0.3, 0.4) is 0 Å². The minimum Gasteiger partial charge on any atom is -0.461 e. The summed E-state index contributed by atoms with van der Waals surface area (Å²) in [5.41, 5.74) is 3.23. The Bertz CT molecular complexity index is 956. The second-order valence-electron chi connectivity index (χ2n) is 5.41. The van der Waals surface area contributed by atoms with Crippen LogP contribution >= 0.6 is 0 Å². The van der Waals surface area contributed by atoms with Crippen molar-refractivity contribution in [1.29, 1.82) is 10.8 Å². The van der Waals surface area contributed by atoms with Gasteiger partial charge < -0.3 is 19.7 Å². The fraction of sp³-hybridized carbons (Fsp3) is 0.0526. The minimum atomic E-state index is 0.540. The molecule has 23 heavy (non-hydrogen) atoms. The van der Waals surface area contributed by atoms with E-state index >= 15 is 0 Å². The van der Waals surface area contributed by atoms with Crippen LogP contribution in [0.5, 0.6) is 0 Å². The Hall–Kier alpha value is -3.14. The Balaban J connectivity index is 1.76. The Morgan fingerprint density at radius 1 is 0.739 bits per heavy atom. The lowest BCUT2D eigenvalue weighted by Crippen LogP contribution is -1.81. The number of furan rings is 2. The predicted octanol–water partition coefficient (Wildman–Crippen LogP) is 4.77. The van der Waals surface area contributed by atoms with Gasteiger partial charge in [0.25, 0.3) is 0 Å². The molecule has 0 aliphatic rings. The molecule has 2 aromatic heterocycles. The summed E-state index contributed by atoms with van der Waals surface area (Å²) in [4.78, 5) is 0. The average Bonchev–Trinajstić information content (AvgIpc) is 3.16. The maximum absolute atomic E-state index is 7.47. The first-order valence-electron chi connectivity index (χ1n) is 7.32. The van der Waals surface area contributed by atoms with Gasteiger partial charge in [-0.3, -0.25) is 0 Å². The molecule has 0 radical (unpaired) electrons. The van der Waals surface area contributed by atoms with E-state index in [0.29, 0.717) is 6.42 Å². The molecule has 2 heterocycles. The number of hydrogen-bond acceptors (Lipinski definition) is 4. The van der Waals surface area contributed by atoms with Crippen molar-refractivity contribution in [2.45, 2.75) is 6.42 Å². The highest BCUT2D eigenvalue weighted by atomic mass is 16.4. The van der Waals surface area contributed by atoms with E-state index < -0.39 is 0 Å². The first-order chi connectivity index (χ1) is 11.3. The van der Waals surface area contributed by atoms with E-state index in [4.69, 9.17) is 19.7 Å². The first kappa shape index (κ1) is 13.5. The topological polar surface area (TPSA) is 74.0 Å². The lowest BCUT2D eigenvalue weighted by Gasteiger charge is -1.91. The van der Waals surface area contributed by atoms with Crippen molar-refractivity contribution in [2.75, 3.05) is 0 Å². The lowest BCUT2D eigenvalue weighted by atomic mass is 10.1. The maximum Gasteiger partial charge on any atom is 0.134 e. The molecule has 0 aliphatic carbocycles. The van der Waals surface area contributed by atoms with E-state index in [2.05, 4.69) is 0 Å². The van der Waals surface area contributed by atoms with Gasteiger partial charge in [0.1, 0.15) is 22.7 Å². The molecule has 2 N–H and O–H groups in total. The van der Waals surface area contributed by atoms with Crippen LogP contribution in [0.2, 0.25) is 0 Å². The van der Waals surface area contributed by atoms with Crippen LogP contribution in [0.15, 0.2) is 57.4 Å². The van der Waals surface area contributed by atoms with Crippen LogP contribution in [0.1, 0.15) is 22.6 Å². The summed E-state index contributed by atoms with van der Waals surface area (Å²) in [6.45, 7) is 0. The summed E-state index contributed by atoms with van der Waals surface area (Å²) >= 11 is 0. The van der Waals surface area contributed by atoms with Crippen molar-refractivity contribution < 1.29 is 8.83 Å². The molecule has 2 aromatic carbocycles. The molecule has 4 heteroatoms. The monoisotopic (exact) mass is 302 g/mol. The Kier molecular flexibility index (Phi) is 3.08. The second-order valence-corrected chi connectivity index (χ2v) is 5.41. The molecule has 0 spiro atoms. The summed E-state index contributed by atoms with van der Waals surface area (Å²) in [5.74, 6) is 1.59. The van der Waals surface area contributed by atoms with Gasteiger partial charge in [0.2, 0.25) is 0 Å². The van der Waals surface area contributed by atoms with Crippen LogP contribution in [0.4, 0.5) is 0 Å². The standard InChI is InChI=1S/C19H14N2O2/c20-10-12-3-1-5-18-16(12)8-14(22-18)7-15-9-17-13(11-21)4-2-6-19(17)23-15/h1-6,8-11,20-21H,7H2. The third-order valence-corrected chi connectivity index (χ3v) is 3.95. The van der Waals surface area contributed by atoms with Crippen molar-refractivity contribution in [3.05, 3.63) is 71.2 Å². The van der Waals surface area contributed by atoms with Gasteiger partial charge in [-0.1, -0.05) is 24.3 Å². The van der Waals surface area contributed by atoms with Gasteiger partial charge in [0.15, 0.2) is 0 Å². The Labute approximate surface area is 132 Å². The number of benzene rings is 2. The number of hydrogen-bond donors (Lipinski definition) is 2. The highest BCUT2D eigenvalue weighted by Crippen LogP contribution is 2.27. The molecule has 0 saturated heterocycles. The van der Waals surface area contributed by atoms with Crippen molar-refractivity contribution in [3.63, 3.8) is 0 Å². The largest absolute Gasteiger partial charge is 0.461 e. The normalized spacial score (nSPS) is 11.1. The molecular weight excluding hydrogens is 288 g/mol. The molecule has 4 nitrogen and oxygen atoms in total. The minimum absolute atomic E-state index is 0.540. The second kappa shape index (κ2) is 5.25. The van der Waals surface area contributed by atoms with E-state index in [9.17, 15) is 0 Å². The van der Waals surface area contributed by atoms with E-state index in [1.807, 2.05) is 48.5 Å². The van der Waals surface area contributed by atoms with Crippen LogP contribution < -0.4 is 0 Å². The van der Waals surface area contributed by atoms with Gasteiger partial charge >= 0.3 is 0 Å². The van der Waals surface area contributed by atoms with E-state index in [1.165, 1.54) is 12.4 Å². The molecule has 112 valence electrons. The van der Waals surface area contributed by atoms with Crippen LogP contribution in [0.25, 0.3) is 21.9 Å². The van der Waals surface area contributed by atoms with Gasteiger partial charge in [0.05, 0.1) is 6.42 Å². The van der Waals surface area contributed by atoms with Crippen molar-refractivity contribution >= 4 is 34.4 Å². The number of nitrogens with one attached hydrogen (secondary N) is 2. The van der Waals surface area contributed by atoms with E-state index in [1.54, 1.807) is 0 Å². The number of fused-ring (bicyclic) bond motifs is 2. The van der Waals surface area contributed by atoms with Gasteiger partial charge in [-0.25, -0.2) is 0 Å². The lowest BCUT2D eigenvalue weighted by molar-refractivity contribution is 0.512. The van der Waals surface area contributed by atoms with Crippen LogP contribution in [-0.2, 0) is 6.42 Å². The Morgan fingerprint density at radius 3 is 1.65 bits per heavy atom. The molecule has 4 aromatic rings.